The summed E-state index contributed by atoms with van der Waals surface area (Å²) >= 11 is 0. The average Bonchev–Trinajstić information content (AvgIpc) is 3.25. The second-order valence-corrected chi connectivity index (χ2v) is 6.75. The molecule has 1 saturated heterocycles. The van der Waals surface area contributed by atoms with Gasteiger partial charge in [-0.25, -0.2) is 0 Å². The van der Waals surface area contributed by atoms with Crippen LogP contribution in [0.5, 0.6) is 0 Å². The van der Waals surface area contributed by atoms with Crippen molar-refractivity contribution in [1.82, 2.24) is 9.80 Å². The maximum atomic E-state index is 12.2. The molecule has 0 aromatic heterocycles. The number of hydrogen-bond acceptors (Lipinski definition) is 3. The van der Waals surface area contributed by atoms with Gasteiger partial charge in [0.25, 0.3) is 0 Å². The van der Waals surface area contributed by atoms with Crippen LogP contribution in [-0.4, -0.2) is 46.3 Å². The van der Waals surface area contributed by atoms with Crippen molar-refractivity contribution in [3.05, 3.63) is 35.9 Å². The zero-order chi connectivity index (χ0) is 15.9. The van der Waals surface area contributed by atoms with Crippen molar-refractivity contribution in [3.63, 3.8) is 0 Å². The number of carbonyl (C=O) groups is 2. The maximum absolute atomic E-state index is 12.2. The molecule has 2 aliphatic rings. The molecular weight excluding hydrogens is 278 g/mol. The summed E-state index contributed by atoms with van der Waals surface area (Å²) in [5.74, 6) is -1.46. The standard InChI is InChI=1S/C17H23N3O2/c1-12-10-19(16(22)15(18)21)14(13-6-4-3-5-7-13)11-20(12)17(2)8-9-17/h3-7,12,14H,8-11H2,1-2H3,(H2,18,21). The Labute approximate surface area is 131 Å². The van der Waals surface area contributed by atoms with Crippen molar-refractivity contribution in [2.24, 2.45) is 5.73 Å². The molecule has 0 bridgehead atoms. The van der Waals surface area contributed by atoms with Gasteiger partial charge in [-0.1, -0.05) is 30.3 Å². The molecule has 2 N–H and O–H groups in total. The van der Waals surface area contributed by atoms with E-state index in [4.69, 9.17) is 5.73 Å². The Kier molecular flexibility index (Phi) is 3.68. The third-order valence-electron chi connectivity index (χ3n) is 5.06. The topological polar surface area (TPSA) is 66.6 Å². The van der Waals surface area contributed by atoms with E-state index < -0.39 is 11.8 Å². The summed E-state index contributed by atoms with van der Waals surface area (Å²) in [6.45, 7) is 5.68. The third-order valence-corrected chi connectivity index (χ3v) is 5.06. The van der Waals surface area contributed by atoms with Gasteiger partial charge in [-0.05, 0) is 32.3 Å². The van der Waals surface area contributed by atoms with Gasteiger partial charge in [0.2, 0.25) is 0 Å². The summed E-state index contributed by atoms with van der Waals surface area (Å²) in [5.41, 5.74) is 6.54. The number of benzene rings is 1. The van der Waals surface area contributed by atoms with Crippen LogP contribution in [0.2, 0.25) is 0 Å². The molecule has 1 aromatic carbocycles. The second-order valence-electron chi connectivity index (χ2n) is 6.75. The number of nitrogens with zero attached hydrogens (tertiary/aromatic N) is 2. The number of piperazine rings is 1. The largest absolute Gasteiger partial charge is 0.361 e. The quantitative estimate of drug-likeness (QED) is 0.837. The summed E-state index contributed by atoms with van der Waals surface area (Å²) in [5, 5.41) is 0. The Morgan fingerprint density at radius 3 is 2.36 bits per heavy atom. The molecule has 118 valence electrons. The van der Waals surface area contributed by atoms with Gasteiger partial charge >= 0.3 is 11.8 Å². The molecule has 1 saturated carbocycles. The zero-order valence-corrected chi connectivity index (χ0v) is 13.2. The molecule has 1 aliphatic heterocycles. The summed E-state index contributed by atoms with van der Waals surface area (Å²) in [7, 11) is 0. The van der Waals surface area contributed by atoms with Crippen molar-refractivity contribution in [2.75, 3.05) is 13.1 Å². The van der Waals surface area contributed by atoms with Crippen LogP contribution in [0.4, 0.5) is 0 Å². The third kappa shape index (κ3) is 2.61. The van der Waals surface area contributed by atoms with Crippen LogP contribution >= 0.6 is 0 Å². The van der Waals surface area contributed by atoms with Crippen LogP contribution in [0, 0.1) is 0 Å². The fraction of sp³-hybridized carbons (Fsp3) is 0.529. The number of rotatable bonds is 2. The number of amides is 2. The fourth-order valence-corrected chi connectivity index (χ4v) is 3.52. The van der Waals surface area contributed by atoms with E-state index in [9.17, 15) is 9.59 Å². The lowest BCUT2D eigenvalue weighted by Crippen LogP contribution is -2.59. The van der Waals surface area contributed by atoms with Gasteiger partial charge < -0.3 is 10.6 Å². The molecule has 0 radical (unpaired) electrons. The van der Waals surface area contributed by atoms with Gasteiger partial charge in [-0.3, -0.25) is 14.5 Å². The van der Waals surface area contributed by atoms with E-state index in [1.165, 1.54) is 12.8 Å². The lowest BCUT2D eigenvalue weighted by atomic mass is 9.97. The number of hydrogen-bond donors (Lipinski definition) is 1. The first-order chi connectivity index (χ1) is 10.4. The first-order valence-corrected chi connectivity index (χ1v) is 7.84. The van der Waals surface area contributed by atoms with Gasteiger partial charge in [0.05, 0.1) is 6.04 Å². The number of carbonyl (C=O) groups excluding carboxylic acids is 2. The minimum atomic E-state index is -0.876. The molecule has 1 aromatic rings. The summed E-state index contributed by atoms with van der Waals surface area (Å²) in [6.07, 6.45) is 2.39. The maximum Gasteiger partial charge on any atom is 0.312 e. The SMILES string of the molecule is CC1CN(C(=O)C(N)=O)C(c2ccccc2)CN1C1(C)CC1. The molecular formula is C17H23N3O2. The van der Waals surface area contributed by atoms with Crippen molar-refractivity contribution < 1.29 is 9.59 Å². The van der Waals surface area contributed by atoms with E-state index in [-0.39, 0.29) is 17.6 Å². The Morgan fingerprint density at radius 2 is 1.82 bits per heavy atom. The van der Waals surface area contributed by atoms with E-state index >= 15 is 0 Å². The van der Waals surface area contributed by atoms with Crippen molar-refractivity contribution in [3.8, 4) is 0 Å². The molecule has 2 fully saturated rings. The molecule has 2 unspecified atom stereocenters. The van der Waals surface area contributed by atoms with Crippen LogP contribution in [0.3, 0.4) is 0 Å². The van der Waals surface area contributed by atoms with E-state index in [2.05, 4.69) is 18.7 Å². The fourth-order valence-electron chi connectivity index (χ4n) is 3.52. The second kappa shape index (κ2) is 5.39. The lowest BCUT2D eigenvalue weighted by Gasteiger charge is -2.47. The monoisotopic (exact) mass is 301 g/mol. The van der Waals surface area contributed by atoms with Crippen LogP contribution in [0.25, 0.3) is 0 Å². The average molecular weight is 301 g/mol. The molecule has 3 rings (SSSR count). The normalized spacial score (nSPS) is 27.5. The summed E-state index contributed by atoms with van der Waals surface area (Å²) in [6, 6.07) is 10.0. The number of primary amides is 1. The molecule has 1 aliphatic carbocycles. The van der Waals surface area contributed by atoms with Crippen LogP contribution in [0.1, 0.15) is 38.3 Å². The van der Waals surface area contributed by atoms with Gasteiger partial charge in [-0.15, -0.1) is 0 Å². The number of nitrogens with two attached hydrogens (primary N) is 1. The lowest BCUT2D eigenvalue weighted by molar-refractivity contribution is -0.149. The molecule has 2 atom stereocenters. The van der Waals surface area contributed by atoms with E-state index in [1.54, 1.807) is 4.90 Å². The van der Waals surface area contributed by atoms with Crippen LogP contribution < -0.4 is 5.73 Å². The first kappa shape index (κ1) is 15.0. The Hall–Kier alpha value is -1.88. The summed E-state index contributed by atoms with van der Waals surface area (Å²) < 4.78 is 0. The molecule has 5 nitrogen and oxygen atoms in total. The zero-order valence-electron chi connectivity index (χ0n) is 13.2. The van der Waals surface area contributed by atoms with E-state index in [1.807, 2.05) is 30.3 Å². The predicted octanol–water partition coefficient (Wildman–Crippen LogP) is 1.30. The van der Waals surface area contributed by atoms with Crippen molar-refractivity contribution in [2.45, 2.75) is 44.3 Å². The highest BCUT2D eigenvalue weighted by atomic mass is 16.2. The smallest absolute Gasteiger partial charge is 0.312 e. The van der Waals surface area contributed by atoms with Gasteiger partial charge in [0.15, 0.2) is 0 Å². The molecule has 0 spiro atoms. The van der Waals surface area contributed by atoms with Gasteiger partial charge in [0, 0.05) is 24.7 Å². The van der Waals surface area contributed by atoms with Crippen LogP contribution in [0.15, 0.2) is 30.3 Å². The van der Waals surface area contributed by atoms with Gasteiger partial charge in [0.1, 0.15) is 0 Å². The van der Waals surface area contributed by atoms with Crippen molar-refractivity contribution >= 4 is 11.8 Å². The molecule has 2 amide bonds. The highest BCUT2D eigenvalue weighted by Gasteiger charge is 2.49. The highest BCUT2D eigenvalue weighted by Crippen LogP contribution is 2.45. The highest BCUT2D eigenvalue weighted by molar-refractivity contribution is 6.34. The summed E-state index contributed by atoms with van der Waals surface area (Å²) in [4.78, 5) is 27.7. The predicted molar refractivity (Wildman–Crippen MR) is 83.9 cm³/mol. The first-order valence-electron chi connectivity index (χ1n) is 7.84. The molecule has 1 heterocycles. The molecule has 5 heteroatoms. The Morgan fingerprint density at radius 1 is 1.18 bits per heavy atom. The van der Waals surface area contributed by atoms with Crippen LogP contribution in [-0.2, 0) is 9.59 Å². The minimum Gasteiger partial charge on any atom is -0.361 e. The minimum absolute atomic E-state index is 0.116. The molecule has 22 heavy (non-hydrogen) atoms. The van der Waals surface area contributed by atoms with Gasteiger partial charge in [-0.2, -0.15) is 0 Å². The van der Waals surface area contributed by atoms with E-state index in [0.29, 0.717) is 6.54 Å². The van der Waals surface area contributed by atoms with Crippen molar-refractivity contribution in [1.29, 1.82) is 0 Å². The van der Waals surface area contributed by atoms with E-state index in [0.717, 1.165) is 12.1 Å². The Balaban J connectivity index is 1.92. The Bertz CT molecular complexity index is 583.